The molecule has 0 bridgehead atoms. The van der Waals surface area contributed by atoms with Crippen LogP contribution < -0.4 is 9.47 Å². The summed E-state index contributed by atoms with van der Waals surface area (Å²) in [6.45, 7) is 2.47. The predicted molar refractivity (Wildman–Crippen MR) is 114 cm³/mol. The number of aliphatic hydroxyl groups excluding tert-OH is 1. The molecular weight excluding hydrogens is 398 g/mol. The van der Waals surface area contributed by atoms with Crippen molar-refractivity contribution in [3.8, 4) is 11.5 Å². The van der Waals surface area contributed by atoms with Crippen molar-refractivity contribution < 1.29 is 28.9 Å². The van der Waals surface area contributed by atoms with Gasteiger partial charge in [-0.25, -0.2) is 0 Å². The average molecular weight is 423 g/mol. The standard InChI is InChI=1S/C24H25NO6/c1-14-12-17-13-16(6-9-19(17)31-14)22(26)20-21(15-4-7-18(30-3)8-5-15)25(10-11-29-2)24(28)23(20)27/h4-9,13-14,21,26H,10-12H2,1-3H3/t14-,21+/m0/s1. The van der Waals surface area contributed by atoms with Crippen LogP contribution in [0.15, 0.2) is 48.0 Å². The number of nitrogens with zero attached hydrogens (tertiary/aromatic N) is 1. The second-order valence-electron chi connectivity index (χ2n) is 7.71. The second-order valence-corrected chi connectivity index (χ2v) is 7.71. The van der Waals surface area contributed by atoms with Crippen LogP contribution in [0.3, 0.4) is 0 Å². The molecule has 1 N–H and O–H groups in total. The van der Waals surface area contributed by atoms with Crippen molar-refractivity contribution in [2.45, 2.75) is 25.5 Å². The Labute approximate surface area is 180 Å². The number of carbonyl (C=O) groups excluding carboxylic acids is 2. The topological polar surface area (TPSA) is 85.3 Å². The first-order valence-corrected chi connectivity index (χ1v) is 10.2. The lowest BCUT2D eigenvalue weighted by Crippen LogP contribution is -2.32. The Bertz CT molecular complexity index is 1040. The number of methoxy groups -OCH3 is 2. The van der Waals surface area contributed by atoms with Crippen LogP contribution in [0.25, 0.3) is 5.76 Å². The van der Waals surface area contributed by atoms with Gasteiger partial charge >= 0.3 is 0 Å². The molecule has 2 aromatic rings. The Morgan fingerprint density at radius 2 is 1.90 bits per heavy atom. The molecular formula is C24H25NO6. The van der Waals surface area contributed by atoms with Gasteiger partial charge in [0.05, 0.1) is 25.3 Å². The van der Waals surface area contributed by atoms with Crippen molar-refractivity contribution in [1.29, 1.82) is 0 Å². The third-order valence-corrected chi connectivity index (χ3v) is 5.68. The molecule has 2 aliphatic heterocycles. The molecule has 0 saturated carbocycles. The highest BCUT2D eigenvalue weighted by Crippen LogP contribution is 2.40. The van der Waals surface area contributed by atoms with Crippen LogP contribution in [0.4, 0.5) is 0 Å². The van der Waals surface area contributed by atoms with Crippen molar-refractivity contribution >= 4 is 17.4 Å². The second kappa shape index (κ2) is 8.43. The van der Waals surface area contributed by atoms with Crippen molar-refractivity contribution in [2.75, 3.05) is 27.4 Å². The third-order valence-electron chi connectivity index (χ3n) is 5.68. The van der Waals surface area contributed by atoms with Crippen LogP contribution in [0.2, 0.25) is 0 Å². The van der Waals surface area contributed by atoms with E-state index in [9.17, 15) is 14.7 Å². The summed E-state index contributed by atoms with van der Waals surface area (Å²) in [6.07, 6.45) is 0.784. The molecule has 4 rings (SSSR count). The van der Waals surface area contributed by atoms with E-state index in [1.165, 1.54) is 12.0 Å². The van der Waals surface area contributed by atoms with Crippen molar-refractivity contribution in [3.05, 3.63) is 64.7 Å². The maximum absolute atomic E-state index is 13.0. The number of Topliss-reactive ketones (excluding diaryl/α,β-unsaturated/α-hetero) is 1. The quantitative estimate of drug-likeness (QED) is 0.437. The Balaban J connectivity index is 1.81. The normalized spacial score (nSPS) is 21.8. The van der Waals surface area contributed by atoms with Gasteiger partial charge in [0.1, 0.15) is 23.4 Å². The van der Waals surface area contributed by atoms with E-state index in [2.05, 4.69) is 0 Å². The first kappa shape index (κ1) is 20.9. The fourth-order valence-corrected chi connectivity index (χ4v) is 4.16. The van der Waals surface area contributed by atoms with Gasteiger partial charge in [0.25, 0.3) is 11.7 Å². The minimum Gasteiger partial charge on any atom is -0.507 e. The van der Waals surface area contributed by atoms with Gasteiger partial charge in [0, 0.05) is 25.6 Å². The van der Waals surface area contributed by atoms with Crippen LogP contribution in [0.5, 0.6) is 11.5 Å². The Morgan fingerprint density at radius 1 is 1.16 bits per heavy atom. The number of hydrogen-bond acceptors (Lipinski definition) is 6. The lowest BCUT2D eigenvalue weighted by Gasteiger charge is -2.25. The molecule has 2 atom stereocenters. The highest BCUT2D eigenvalue weighted by molar-refractivity contribution is 6.46. The highest BCUT2D eigenvalue weighted by Gasteiger charge is 2.46. The number of amides is 1. The number of benzene rings is 2. The fourth-order valence-electron chi connectivity index (χ4n) is 4.16. The van der Waals surface area contributed by atoms with E-state index in [0.717, 1.165) is 17.7 Å². The van der Waals surface area contributed by atoms with Gasteiger partial charge in [-0.3, -0.25) is 9.59 Å². The lowest BCUT2D eigenvalue weighted by molar-refractivity contribution is -0.140. The molecule has 7 nitrogen and oxygen atoms in total. The smallest absolute Gasteiger partial charge is 0.295 e. The molecule has 31 heavy (non-hydrogen) atoms. The SMILES string of the molecule is COCCN1C(=O)C(=O)C(=C(O)c2ccc3c(c2)C[C@H](C)O3)[C@H]1c1ccc(OC)cc1. The van der Waals surface area contributed by atoms with Gasteiger partial charge in [0.2, 0.25) is 0 Å². The fraction of sp³-hybridized carbons (Fsp3) is 0.333. The molecule has 0 aromatic heterocycles. The first-order chi connectivity index (χ1) is 14.9. The number of carbonyl (C=O) groups is 2. The van der Waals surface area contributed by atoms with Crippen molar-refractivity contribution in [2.24, 2.45) is 0 Å². The molecule has 1 amide bonds. The number of hydrogen-bond donors (Lipinski definition) is 1. The lowest BCUT2D eigenvalue weighted by atomic mass is 9.94. The number of likely N-dealkylation sites (tertiary alicyclic amines) is 1. The molecule has 7 heteroatoms. The van der Waals surface area contributed by atoms with Gasteiger partial charge in [-0.05, 0) is 48.4 Å². The average Bonchev–Trinajstić information content (AvgIpc) is 3.27. The summed E-state index contributed by atoms with van der Waals surface area (Å²) in [7, 11) is 3.10. The molecule has 0 spiro atoms. The summed E-state index contributed by atoms with van der Waals surface area (Å²) in [5, 5.41) is 11.2. The highest BCUT2D eigenvalue weighted by atomic mass is 16.5. The Hall–Kier alpha value is -3.32. The molecule has 1 fully saturated rings. The van der Waals surface area contributed by atoms with Crippen LogP contribution in [0, 0.1) is 0 Å². The summed E-state index contributed by atoms with van der Waals surface area (Å²) < 4.78 is 16.1. The minimum absolute atomic E-state index is 0.0614. The van der Waals surface area contributed by atoms with Crippen molar-refractivity contribution in [3.63, 3.8) is 0 Å². The Kier molecular flexibility index (Phi) is 5.69. The molecule has 1 saturated heterocycles. The van der Waals surface area contributed by atoms with Gasteiger partial charge in [-0.2, -0.15) is 0 Å². The molecule has 162 valence electrons. The zero-order chi connectivity index (χ0) is 22.1. The molecule has 0 unspecified atom stereocenters. The van der Waals surface area contributed by atoms with Crippen LogP contribution in [0.1, 0.15) is 29.7 Å². The maximum atomic E-state index is 13.0. The van der Waals surface area contributed by atoms with Gasteiger partial charge in [-0.1, -0.05) is 12.1 Å². The number of ketones is 1. The van der Waals surface area contributed by atoms with Crippen LogP contribution >= 0.6 is 0 Å². The third kappa shape index (κ3) is 3.77. The predicted octanol–water partition coefficient (Wildman–Crippen LogP) is 3.09. The van der Waals surface area contributed by atoms with E-state index in [-0.39, 0.29) is 30.6 Å². The summed E-state index contributed by atoms with van der Waals surface area (Å²) in [6, 6.07) is 11.7. The number of rotatable bonds is 6. The summed E-state index contributed by atoms with van der Waals surface area (Å²) in [4.78, 5) is 27.3. The van der Waals surface area contributed by atoms with Crippen molar-refractivity contribution in [1.82, 2.24) is 4.90 Å². The first-order valence-electron chi connectivity index (χ1n) is 10.2. The molecule has 0 radical (unpaired) electrons. The molecule has 2 aliphatic rings. The summed E-state index contributed by atoms with van der Waals surface area (Å²) in [5.41, 5.74) is 2.22. The summed E-state index contributed by atoms with van der Waals surface area (Å²) in [5.74, 6) is -0.125. The maximum Gasteiger partial charge on any atom is 0.295 e. The van der Waals surface area contributed by atoms with Gasteiger partial charge < -0.3 is 24.2 Å². The van der Waals surface area contributed by atoms with E-state index in [1.54, 1.807) is 43.5 Å². The monoisotopic (exact) mass is 423 g/mol. The van der Waals surface area contributed by atoms with Crippen LogP contribution in [-0.2, 0) is 20.7 Å². The Morgan fingerprint density at radius 3 is 2.58 bits per heavy atom. The van der Waals surface area contributed by atoms with Crippen LogP contribution in [-0.4, -0.2) is 55.2 Å². The zero-order valence-corrected chi connectivity index (χ0v) is 17.8. The molecule has 0 aliphatic carbocycles. The van der Waals surface area contributed by atoms with E-state index in [1.807, 2.05) is 13.0 Å². The van der Waals surface area contributed by atoms with E-state index in [4.69, 9.17) is 14.2 Å². The zero-order valence-electron chi connectivity index (χ0n) is 17.8. The van der Waals surface area contributed by atoms with E-state index >= 15 is 0 Å². The number of ether oxygens (including phenoxy) is 3. The van der Waals surface area contributed by atoms with E-state index < -0.39 is 17.7 Å². The minimum atomic E-state index is -0.718. The molecule has 2 aromatic carbocycles. The largest absolute Gasteiger partial charge is 0.507 e. The van der Waals surface area contributed by atoms with Gasteiger partial charge in [-0.15, -0.1) is 0 Å². The van der Waals surface area contributed by atoms with Gasteiger partial charge in [0.15, 0.2) is 0 Å². The van der Waals surface area contributed by atoms with E-state index in [0.29, 0.717) is 16.9 Å². The summed E-state index contributed by atoms with van der Waals surface area (Å²) >= 11 is 0. The number of fused-ring (bicyclic) bond motifs is 1. The number of aliphatic hydroxyl groups is 1. The molecule has 2 heterocycles.